The van der Waals surface area contributed by atoms with Crippen molar-refractivity contribution in [1.29, 1.82) is 0 Å². The van der Waals surface area contributed by atoms with Gasteiger partial charge in [0.25, 0.3) is 5.91 Å². The molecule has 1 N–H and O–H groups in total. The lowest BCUT2D eigenvalue weighted by atomic mass is 10.1. The van der Waals surface area contributed by atoms with Gasteiger partial charge in [-0.05, 0) is 18.6 Å². The minimum absolute atomic E-state index is 0.0991. The number of carbonyl (C=O) groups excluding carboxylic acids is 3. The molecular weight excluding hydrogens is 303 g/mol. The zero-order valence-corrected chi connectivity index (χ0v) is 12.7. The topological polar surface area (TPSA) is 82.6 Å². The maximum absolute atomic E-state index is 13.7. The second-order valence-electron chi connectivity index (χ2n) is 5.85. The molecule has 8 heteroatoms. The maximum Gasteiger partial charge on any atom is 0.276 e. The SMILES string of the molecule is CC(=O)N[C@H]1C[C@H]2CN(C(=O)c3ncccc3F)CC(=O)N2C1. The van der Waals surface area contributed by atoms with Gasteiger partial charge in [-0.3, -0.25) is 14.4 Å². The number of carbonyl (C=O) groups is 3. The van der Waals surface area contributed by atoms with Gasteiger partial charge in [0.15, 0.2) is 11.5 Å². The van der Waals surface area contributed by atoms with Crippen molar-refractivity contribution in [1.82, 2.24) is 20.1 Å². The highest BCUT2D eigenvalue weighted by Crippen LogP contribution is 2.24. The number of aromatic nitrogens is 1. The van der Waals surface area contributed by atoms with Gasteiger partial charge in [-0.1, -0.05) is 0 Å². The molecule has 0 radical (unpaired) electrons. The molecule has 0 aromatic carbocycles. The van der Waals surface area contributed by atoms with E-state index in [9.17, 15) is 18.8 Å². The summed E-state index contributed by atoms with van der Waals surface area (Å²) in [5.41, 5.74) is -0.273. The van der Waals surface area contributed by atoms with E-state index in [0.29, 0.717) is 19.5 Å². The molecule has 122 valence electrons. The normalized spacial score (nSPS) is 23.7. The average molecular weight is 320 g/mol. The molecule has 0 bridgehead atoms. The molecule has 2 fully saturated rings. The zero-order valence-electron chi connectivity index (χ0n) is 12.7. The van der Waals surface area contributed by atoms with Crippen molar-refractivity contribution >= 4 is 17.7 Å². The van der Waals surface area contributed by atoms with Crippen LogP contribution in [-0.4, -0.2) is 64.2 Å². The fourth-order valence-corrected chi connectivity index (χ4v) is 3.21. The Bertz CT molecular complexity index is 666. The van der Waals surface area contributed by atoms with Gasteiger partial charge < -0.3 is 15.1 Å². The summed E-state index contributed by atoms with van der Waals surface area (Å²) in [6, 6.07) is 2.30. The summed E-state index contributed by atoms with van der Waals surface area (Å²) in [6.45, 7) is 2.09. The number of halogens is 1. The van der Waals surface area contributed by atoms with E-state index in [0.717, 1.165) is 0 Å². The molecule has 23 heavy (non-hydrogen) atoms. The van der Waals surface area contributed by atoms with E-state index in [4.69, 9.17) is 0 Å². The summed E-state index contributed by atoms with van der Waals surface area (Å²) in [4.78, 5) is 42.6. The predicted octanol–water partition coefficient (Wildman–Crippen LogP) is -0.218. The number of rotatable bonds is 2. The smallest absolute Gasteiger partial charge is 0.276 e. The fourth-order valence-electron chi connectivity index (χ4n) is 3.21. The maximum atomic E-state index is 13.7. The van der Waals surface area contributed by atoms with E-state index in [1.165, 1.54) is 30.2 Å². The quantitative estimate of drug-likeness (QED) is 0.817. The minimum atomic E-state index is -0.699. The summed E-state index contributed by atoms with van der Waals surface area (Å²) in [5.74, 6) is -1.63. The van der Waals surface area contributed by atoms with Crippen LogP contribution in [0.3, 0.4) is 0 Å². The number of pyridine rings is 1. The van der Waals surface area contributed by atoms with E-state index in [2.05, 4.69) is 10.3 Å². The third kappa shape index (κ3) is 3.01. The standard InChI is InChI=1S/C15H17FN4O3/c1-9(21)18-10-5-11-7-19(8-13(22)20(11)6-10)15(23)14-12(16)3-2-4-17-14/h2-4,10-11H,5-8H2,1H3,(H,18,21)/t10-,11-/m0/s1. The van der Waals surface area contributed by atoms with Crippen LogP contribution in [0.15, 0.2) is 18.3 Å². The molecule has 2 aliphatic rings. The first kappa shape index (κ1) is 15.4. The van der Waals surface area contributed by atoms with Gasteiger partial charge in [0.1, 0.15) is 6.54 Å². The predicted molar refractivity (Wildman–Crippen MR) is 77.8 cm³/mol. The van der Waals surface area contributed by atoms with Crippen molar-refractivity contribution < 1.29 is 18.8 Å². The summed E-state index contributed by atoms with van der Waals surface area (Å²) in [7, 11) is 0. The van der Waals surface area contributed by atoms with Crippen LogP contribution in [0.25, 0.3) is 0 Å². The van der Waals surface area contributed by atoms with Gasteiger partial charge in [0, 0.05) is 32.3 Å². The Morgan fingerprint density at radius 3 is 2.87 bits per heavy atom. The Morgan fingerprint density at radius 2 is 2.17 bits per heavy atom. The summed E-state index contributed by atoms with van der Waals surface area (Å²) in [6.07, 6.45) is 1.93. The van der Waals surface area contributed by atoms with Crippen LogP contribution >= 0.6 is 0 Å². The molecule has 2 aliphatic heterocycles. The van der Waals surface area contributed by atoms with Crippen LogP contribution in [0.5, 0.6) is 0 Å². The van der Waals surface area contributed by atoms with Crippen LogP contribution in [-0.2, 0) is 9.59 Å². The molecular formula is C15H17FN4O3. The number of amides is 3. The number of fused-ring (bicyclic) bond motifs is 1. The number of nitrogens with one attached hydrogen (secondary N) is 1. The van der Waals surface area contributed by atoms with Gasteiger partial charge in [0.2, 0.25) is 11.8 Å². The lowest BCUT2D eigenvalue weighted by Gasteiger charge is -2.36. The lowest BCUT2D eigenvalue weighted by molar-refractivity contribution is -0.136. The monoisotopic (exact) mass is 320 g/mol. The Hall–Kier alpha value is -2.51. The van der Waals surface area contributed by atoms with Crippen molar-refractivity contribution in [3.63, 3.8) is 0 Å². The molecule has 2 saturated heterocycles. The molecule has 0 aliphatic carbocycles. The lowest BCUT2D eigenvalue weighted by Crippen LogP contribution is -2.55. The van der Waals surface area contributed by atoms with Crippen LogP contribution in [0.2, 0.25) is 0 Å². The Kier molecular flexibility index (Phi) is 3.97. The highest BCUT2D eigenvalue weighted by molar-refractivity contribution is 5.96. The molecule has 3 amide bonds. The zero-order chi connectivity index (χ0) is 16.6. The number of hydrogen-bond donors (Lipinski definition) is 1. The van der Waals surface area contributed by atoms with Crippen molar-refractivity contribution in [2.75, 3.05) is 19.6 Å². The van der Waals surface area contributed by atoms with Crippen LogP contribution < -0.4 is 5.32 Å². The number of hydrogen-bond acceptors (Lipinski definition) is 4. The molecule has 0 unspecified atom stereocenters. The first-order chi connectivity index (χ1) is 11.0. The molecule has 7 nitrogen and oxygen atoms in total. The first-order valence-corrected chi connectivity index (χ1v) is 7.42. The van der Waals surface area contributed by atoms with E-state index < -0.39 is 11.7 Å². The largest absolute Gasteiger partial charge is 0.352 e. The number of piperazine rings is 1. The van der Waals surface area contributed by atoms with Gasteiger partial charge in [-0.15, -0.1) is 0 Å². The van der Waals surface area contributed by atoms with Crippen molar-refractivity contribution in [2.24, 2.45) is 0 Å². The van der Waals surface area contributed by atoms with Crippen LogP contribution in [0.4, 0.5) is 4.39 Å². The Balaban J connectivity index is 1.73. The van der Waals surface area contributed by atoms with Gasteiger partial charge in [-0.2, -0.15) is 0 Å². The van der Waals surface area contributed by atoms with Crippen molar-refractivity contribution in [3.8, 4) is 0 Å². The third-order valence-electron chi connectivity index (χ3n) is 4.15. The van der Waals surface area contributed by atoms with Crippen LogP contribution in [0, 0.1) is 5.82 Å². The van der Waals surface area contributed by atoms with Gasteiger partial charge >= 0.3 is 0 Å². The second-order valence-corrected chi connectivity index (χ2v) is 5.85. The molecule has 0 saturated carbocycles. The first-order valence-electron chi connectivity index (χ1n) is 7.42. The minimum Gasteiger partial charge on any atom is -0.352 e. The summed E-state index contributed by atoms with van der Waals surface area (Å²) >= 11 is 0. The fraction of sp³-hybridized carbons (Fsp3) is 0.467. The average Bonchev–Trinajstić information content (AvgIpc) is 2.89. The number of nitrogens with zero attached hydrogens (tertiary/aromatic N) is 3. The molecule has 1 aromatic rings. The molecule has 0 spiro atoms. The highest BCUT2D eigenvalue weighted by Gasteiger charge is 2.42. The Morgan fingerprint density at radius 1 is 1.39 bits per heavy atom. The molecule has 3 heterocycles. The third-order valence-corrected chi connectivity index (χ3v) is 4.15. The van der Waals surface area contributed by atoms with Crippen molar-refractivity contribution in [2.45, 2.75) is 25.4 Å². The van der Waals surface area contributed by atoms with Gasteiger partial charge in [0.05, 0.1) is 6.04 Å². The van der Waals surface area contributed by atoms with E-state index >= 15 is 0 Å². The summed E-state index contributed by atoms with van der Waals surface area (Å²) < 4.78 is 13.7. The van der Waals surface area contributed by atoms with E-state index in [-0.39, 0.29) is 36.1 Å². The molecule has 2 atom stereocenters. The second kappa shape index (κ2) is 5.94. The van der Waals surface area contributed by atoms with E-state index in [1.807, 2.05) is 0 Å². The van der Waals surface area contributed by atoms with E-state index in [1.54, 1.807) is 4.90 Å². The van der Waals surface area contributed by atoms with Crippen molar-refractivity contribution in [3.05, 3.63) is 29.8 Å². The summed E-state index contributed by atoms with van der Waals surface area (Å²) in [5, 5.41) is 2.79. The highest BCUT2D eigenvalue weighted by atomic mass is 19.1. The Labute approximate surface area is 132 Å². The molecule has 3 rings (SSSR count). The molecule has 1 aromatic heterocycles. The van der Waals surface area contributed by atoms with Gasteiger partial charge in [-0.25, -0.2) is 9.37 Å². The van der Waals surface area contributed by atoms with Crippen LogP contribution in [0.1, 0.15) is 23.8 Å².